The molecule has 0 aliphatic carbocycles. The molecular formula is C18H21FO2. The van der Waals surface area contributed by atoms with Crippen molar-refractivity contribution in [2.45, 2.75) is 32.3 Å². The molecule has 0 saturated carbocycles. The number of benzene rings is 2. The van der Waals surface area contributed by atoms with Crippen LogP contribution < -0.4 is 4.74 Å². The van der Waals surface area contributed by atoms with Crippen molar-refractivity contribution in [3.8, 4) is 5.75 Å². The SMILES string of the molecule is C[C@@H](O)c1cc(F)ccc1OCCCCc1ccccc1. The third-order valence-corrected chi connectivity index (χ3v) is 3.38. The van der Waals surface area contributed by atoms with Gasteiger partial charge in [-0.3, -0.25) is 0 Å². The Kier molecular flexibility index (Phi) is 5.76. The number of hydrogen-bond donors (Lipinski definition) is 1. The van der Waals surface area contributed by atoms with Crippen molar-refractivity contribution in [1.29, 1.82) is 0 Å². The molecule has 2 aromatic carbocycles. The number of hydrogen-bond acceptors (Lipinski definition) is 2. The van der Waals surface area contributed by atoms with E-state index >= 15 is 0 Å². The van der Waals surface area contributed by atoms with Crippen molar-refractivity contribution in [1.82, 2.24) is 0 Å². The Morgan fingerprint density at radius 3 is 2.57 bits per heavy atom. The maximum Gasteiger partial charge on any atom is 0.125 e. The van der Waals surface area contributed by atoms with E-state index in [9.17, 15) is 9.50 Å². The first-order valence-electron chi connectivity index (χ1n) is 7.31. The van der Waals surface area contributed by atoms with Crippen LogP contribution in [0.1, 0.15) is 37.0 Å². The second-order valence-corrected chi connectivity index (χ2v) is 5.15. The highest BCUT2D eigenvalue weighted by Crippen LogP contribution is 2.26. The van der Waals surface area contributed by atoms with Crippen molar-refractivity contribution in [3.05, 3.63) is 65.5 Å². The van der Waals surface area contributed by atoms with E-state index in [-0.39, 0.29) is 5.82 Å². The van der Waals surface area contributed by atoms with Crippen molar-refractivity contribution < 1.29 is 14.2 Å². The van der Waals surface area contributed by atoms with Gasteiger partial charge in [-0.05, 0) is 49.9 Å². The van der Waals surface area contributed by atoms with E-state index in [2.05, 4.69) is 12.1 Å². The lowest BCUT2D eigenvalue weighted by Crippen LogP contribution is -2.03. The van der Waals surface area contributed by atoms with Gasteiger partial charge in [0, 0.05) is 5.56 Å². The predicted octanol–water partition coefficient (Wildman–Crippen LogP) is 4.28. The monoisotopic (exact) mass is 288 g/mol. The van der Waals surface area contributed by atoms with Crippen LogP contribution in [0.25, 0.3) is 0 Å². The van der Waals surface area contributed by atoms with Crippen LogP contribution in [-0.2, 0) is 6.42 Å². The van der Waals surface area contributed by atoms with Gasteiger partial charge in [0.15, 0.2) is 0 Å². The molecule has 0 radical (unpaired) electrons. The topological polar surface area (TPSA) is 29.5 Å². The molecule has 0 aliphatic rings. The molecule has 2 rings (SSSR count). The zero-order chi connectivity index (χ0) is 15.1. The Labute approximate surface area is 125 Å². The lowest BCUT2D eigenvalue weighted by atomic mass is 10.1. The van der Waals surface area contributed by atoms with E-state index in [4.69, 9.17) is 4.74 Å². The van der Waals surface area contributed by atoms with Gasteiger partial charge >= 0.3 is 0 Å². The summed E-state index contributed by atoms with van der Waals surface area (Å²) in [7, 11) is 0. The zero-order valence-corrected chi connectivity index (χ0v) is 12.3. The van der Waals surface area contributed by atoms with Crippen molar-refractivity contribution >= 4 is 0 Å². The normalized spacial score (nSPS) is 12.1. The molecule has 0 fully saturated rings. The van der Waals surface area contributed by atoms with Crippen LogP contribution in [0.2, 0.25) is 0 Å². The molecule has 0 aliphatic heterocycles. The first-order valence-corrected chi connectivity index (χ1v) is 7.31. The molecule has 2 nitrogen and oxygen atoms in total. The molecule has 0 amide bonds. The number of aliphatic hydroxyl groups is 1. The van der Waals surface area contributed by atoms with Crippen LogP contribution in [-0.4, -0.2) is 11.7 Å². The van der Waals surface area contributed by atoms with Gasteiger partial charge in [0.1, 0.15) is 11.6 Å². The third kappa shape index (κ3) is 4.87. The van der Waals surface area contributed by atoms with Crippen LogP contribution >= 0.6 is 0 Å². The highest BCUT2D eigenvalue weighted by atomic mass is 19.1. The Morgan fingerprint density at radius 2 is 1.86 bits per heavy atom. The van der Waals surface area contributed by atoms with Crippen LogP contribution in [0.3, 0.4) is 0 Å². The molecule has 0 aromatic heterocycles. The summed E-state index contributed by atoms with van der Waals surface area (Å²) in [6.07, 6.45) is 2.25. The number of ether oxygens (including phenoxy) is 1. The number of rotatable bonds is 7. The lowest BCUT2D eigenvalue weighted by Gasteiger charge is -2.13. The van der Waals surface area contributed by atoms with Gasteiger partial charge in [0.05, 0.1) is 12.7 Å². The minimum Gasteiger partial charge on any atom is -0.493 e. The van der Waals surface area contributed by atoms with E-state index in [1.807, 2.05) is 18.2 Å². The molecule has 0 heterocycles. The van der Waals surface area contributed by atoms with Crippen molar-refractivity contribution in [2.24, 2.45) is 0 Å². The minimum atomic E-state index is -0.736. The maximum atomic E-state index is 13.2. The summed E-state index contributed by atoms with van der Waals surface area (Å²) in [5.74, 6) is 0.202. The molecule has 1 N–H and O–H groups in total. The van der Waals surface area contributed by atoms with Crippen LogP contribution in [0.4, 0.5) is 4.39 Å². The lowest BCUT2D eigenvalue weighted by molar-refractivity contribution is 0.190. The molecule has 1 atom stereocenters. The van der Waals surface area contributed by atoms with Crippen LogP contribution in [0, 0.1) is 5.82 Å². The first kappa shape index (κ1) is 15.5. The summed E-state index contributed by atoms with van der Waals surface area (Å²) in [6, 6.07) is 14.6. The number of aliphatic hydroxyl groups excluding tert-OH is 1. The van der Waals surface area contributed by atoms with Gasteiger partial charge in [0.25, 0.3) is 0 Å². The summed E-state index contributed by atoms with van der Waals surface area (Å²) >= 11 is 0. The van der Waals surface area contributed by atoms with E-state index in [0.29, 0.717) is 17.9 Å². The zero-order valence-electron chi connectivity index (χ0n) is 12.3. The van der Waals surface area contributed by atoms with Gasteiger partial charge in [0.2, 0.25) is 0 Å². The quantitative estimate of drug-likeness (QED) is 0.770. The molecule has 0 saturated heterocycles. The van der Waals surface area contributed by atoms with E-state index in [1.54, 1.807) is 13.0 Å². The molecule has 2 aromatic rings. The highest BCUT2D eigenvalue weighted by Gasteiger charge is 2.10. The highest BCUT2D eigenvalue weighted by molar-refractivity contribution is 5.35. The maximum absolute atomic E-state index is 13.2. The molecule has 0 unspecified atom stereocenters. The summed E-state index contributed by atoms with van der Waals surface area (Å²) in [6.45, 7) is 2.18. The second-order valence-electron chi connectivity index (χ2n) is 5.15. The largest absolute Gasteiger partial charge is 0.493 e. The fourth-order valence-corrected chi connectivity index (χ4v) is 2.24. The summed E-state index contributed by atoms with van der Waals surface area (Å²) in [5, 5.41) is 9.63. The smallest absolute Gasteiger partial charge is 0.125 e. The molecule has 112 valence electrons. The van der Waals surface area contributed by atoms with E-state index < -0.39 is 6.10 Å². The number of aryl methyl sites for hydroxylation is 1. The van der Waals surface area contributed by atoms with E-state index in [1.165, 1.54) is 17.7 Å². The van der Waals surface area contributed by atoms with E-state index in [0.717, 1.165) is 19.3 Å². The first-order chi connectivity index (χ1) is 10.2. The number of unbranched alkanes of at least 4 members (excludes halogenated alkanes) is 1. The third-order valence-electron chi connectivity index (χ3n) is 3.38. The Balaban J connectivity index is 1.78. The molecule has 21 heavy (non-hydrogen) atoms. The van der Waals surface area contributed by atoms with Gasteiger partial charge in [-0.2, -0.15) is 0 Å². The van der Waals surface area contributed by atoms with Gasteiger partial charge < -0.3 is 9.84 Å². The Hall–Kier alpha value is -1.87. The van der Waals surface area contributed by atoms with Crippen LogP contribution in [0.15, 0.2) is 48.5 Å². The summed E-state index contributed by atoms with van der Waals surface area (Å²) in [4.78, 5) is 0. The Bertz CT molecular complexity index is 552. The van der Waals surface area contributed by atoms with Gasteiger partial charge in [-0.1, -0.05) is 30.3 Å². The summed E-state index contributed by atoms with van der Waals surface area (Å²) in [5.41, 5.74) is 1.82. The second kappa shape index (κ2) is 7.79. The fraction of sp³-hybridized carbons (Fsp3) is 0.333. The average molecular weight is 288 g/mol. The fourth-order valence-electron chi connectivity index (χ4n) is 2.24. The predicted molar refractivity (Wildman–Crippen MR) is 81.9 cm³/mol. The van der Waals surface area contributed by atoms with Gasteiger partial charge in [-0.15, -0.1) is 0 Å². The van der Waals surface area contributed by atoms with Crippen molar-refractivity contribution in [2.75, 3.05) is 6.61 Å². The number of halogens is 1. The van der Waals surface area contributed by atoms with Crippen molar-refractivity contribution in [3.63, 3.8) is 0 Å². The average Bonchev–Trinajstić information content (AvgIpc) is 2.49. The summed E-state index contributed by atoms with van der Waals surface area (Å²) < 4.78 is 18.8. The molecule has 0 spiro atoms. The van der Waals surface area contributed by atoms with Crippen LogP contribution in [0.5, 0.6) is 5.75 Å². The van der Waals surface area contributed by atoms with Gasteiger partial charge in [-0.25, -0.2) is 4.39 Å². The molecular weight excluding hydrogens is 267 g/mol. The minimum absolute atomic E-state index is 0.359. The molecule has 0 bridgehead atoms. The Morgan fingerprint density at radius 1 is 1.10 bits per heavy atom. The standard InChI is InChI=1S/C18H21FO2/c1-14(20)17-13-16(19)10-11-18(17)21-12-6-5-9-15-7-3-2-4-8-15/h2-4,7-8,10-11,13-14,20H,5-6,9,12H2,1H3/t14-/m1/s1. The molecule has 3 heteroatoms.